The molecule has 124 valence electrons. The van der Waals surface area contributed by atoms with Crippen LogP contribution >= 0.6 is 0 Å². The van der Waals surface area contributed by atoms with E-state index in [0.29, 0.717) is 11.3 Å². The molecule has 0 saturated carbocycles. The average Bonchev–Trinajstić information content (AvgIpc) is 2.43. The smallest absolute Gasteiger partial charge is 0.322 e. The van der Waals surface area contributed by atoms with Crippen molar-refractivity contribution in [3.63, 3.8) is 0 Å². The topological polar surface area (TPSA) is 102 Å². The molecule has 0 amide bonds. The zero-order valence-corrected chi connectivity index (χ0v) is 14.0. The van der Waals surface area contributed by atoms with Gasteiger partial charge in [-0.25, -0.2) is 8.42 Å². The van der Waals surface area contributed by atoms with Gasteiger partial charge in [-0.3, -0.25) is 4.79 Å². The molecule has 1 aromatic rings. The quantitative estimate of drug-likeness (QED) is 0.783. The number of carbonyl (C=O) groups is 1. The number of carboxylic acids is 1. The fourth-order valence-corrected chi connectivity index (χ4v) is 3.53. The van der Waals surface area contributed by atoms with Crippen LogP contribution in [-0.4, -0.2) is 39.8 Å². The highest BCUT2D eigenvalue weighted by Gasteiger charge is 2.29. The summed E-state index contributed by atoms with van der Waals surface area (Å²) in [4.78, 5) is 11.1. The number of carboxylic acid groups (broad SMARTS) is 1. The van der Waals surface area contributed by atoms with Gasteiger partial charge in [-0.2, -0.15) is 4.72 Å². The minimum Gasteiger partial charge on any atom is -0.493 e. The number of hydrogen-bond acceptors (Lipinski definition) is 5. The Morgan fingerprint density at radius 2 is 1.68 bits per heavy atom. The zero-order valence-electron chi connectivity index (χ0n) is 13.2. The Hall–Kier alpha value is -1.80. The second-order valence-corrected chi connectivity index (χ2v) is 6.84. The monoisotopic (exact) mass is 331 g/mol. The number of hydrogen-bond donors (Lipinski definition) is 2. The molecule has 0 unspecified atom stereocenters. The summed E-state index contributed by atoms with van der Waals surface area (Å²) in [6, 6.07) is 1.63. The van der Waals surface area contributed by atoms with Gasteiger partial charge in [0, 0.05) is 6.07 Å². The van der Waals surface area contributed by atoms with Crippen LogP contribution in [0.5, 0.6) is 11.5 Å². The van der Waals surface area contributed by atoms with Crippen molar-refractivity contribution in [1.82, 2.24) is 4.72 Å². The fraction of sp³-hybridized carbons (Fsp3) is 0.500. The molecule has 0 saturated heterocycles. The van der Waals surface area contributed by atoms with Crippen LogP contribution in [0.2, 0.25) is 0 Å². The molecular weight excluding hydrogens is 310 g/mol. The third kappa shape index (κ3) is 3.89. The molecule has 22 heavy (non-hydrogen) atoms. The largest absolute Gasteiger partial charge is 0.493 e. The molecule has 0 fully saturated rings. The van der Waals surface area contributed by atoms with Crippen LogP contribution in [0, 0.1) is 12.8 Å². The summed E-state index contributed by atoms with van der Waals surface area (Å²) in [6.45, 7) is 4.85. The maximum Gasteiger partial charge on any atom is 0.322 e. The molecule has 0 bridgehead atoms. The first-order chi connectivity index (χ1) is 10.1. The lowest BCUT2D eigenvalue weighted by atomic mass is 10.1. The maximum atomic E-state index is 12.5. The van der Waals surface area contributed by atoms with E-state index < -0.39 is 28.0 Å². The number of aryl methyl sites for hydroxylation is 1. The average molecular weight is 331 g/mol. The normalized spacial score (nSPS) is 13.0. The lowest BCUT2D eigenvalue weighted by molar-refractivity contribution is -0.140. The van der Waals surface area contributed by atoms with E-state index >= 15 is 0 Å². The van der Waals surface area contributed by atoms with Crippen LogP contribution in [0.1, 0.15) is 19.4 Å². The molecule has 0 aliphatic rings. The Morgan fingerprint density at radius 3 is 2.09 bits per heavy atom. The standard InChI is InChI=1S/C14H21NO6S/c1-8(2)13(14(16)17)15-22(18,19)12-7-11(21-5)10(20-4)6-9(12)3/h6-8,13,15H,1-5H3,(H,16,17)/t13-/m1/s1. The molecule has 7 nitrogen and oxygen atoms in total. The van der Waals surface area contributed by atoms with Crippen LogP contribution < -0.4 is 14.2 Å². The maximum absolute atomic E-state index is 12.5. The van der Waals surface area contributed by atoms with E-state index in [-0.39, 0.29) is 10.6 Å². The van der Waals surface area contributed by atoms with E-state index in [4.69, 9.17) is 14.6 Å². The van der Waals surface area contributed by atoms with Crippen LogP contribution in [0.3, 0.4) is 0 Å². The fourth-order valence-electron chi connectivity index (χ4n) is 1.95. The van der Waals surface area contributed by atoms with Gasteiger partial charge in [0.1, 0.15) is 6.04 Å². The Kier molecular flexibility index (Phi) is 5.78. The number of rotatable bonds is 7. The molecule has 0 spiro atoms. The van der Waals surface area contributed by atoms with Gasteiger partial charge in [0.25, 0.3) is 0 Å². The molecule has 0 radical (unpaired) electrons. The molecule has 1 atom stereocenters. The first-order valence-electron chi connectivity index (χ1n) is 6.61. The SMILES string of the molecule is COc1cc(C)c(S(=O)(=O)N[C@@H](C(=O)O)C(C)C)cc1OC. The van der Waals surface area contributed by atoms with Crippen molar-refractivity contribution in [2.45, 2.75) is 31.7 Å². The van der Waals surface area contributed by atoms with Crippen LogP contribution in [-0.2, 0) is 14.8 Å². The van der Waals surface area contributed by atoms with E-state index in [0.717, 1.165) is 0 Å². The summed E-state index contributed by atoms with van der Waals surface area (Å²) in [5.41, 5.74) is 0.429. The van der Waals surface area contributed by atoms with Crippen molar-refractivity contribution in [2.24, 2.45) is 5.92 Å². The Balaban J connectivity index is 3.31. The third-order valence-electron chi connectivity index (χ3n) is 3.19. The van der Waals surface area contributed by atoms with E-state index in [9.17, 15) is 13.2 Å². The van der Waals surface area contributed by atoms with Crippen LogP contribution in [0.15, 0.2) is 17.0 Å². The van der Waals surface area contributed by atoms with Gasteiger partial charge < -0.3 is 14.6 Å². The second-order valence-electron chi connectivity index (χ2n) is 5.15. The summed E-state index contributed by atoms with van der Waals surface area (Å²) in [5, 5.41) is 9.13. The summed E-state index contributed by atoms with van der Waals surface area (Å²) < 4.78 is 37.4. The highest BCUT2D eigenvalue weighted by atomic mass is 32.2. The van der Waals surface area contributed by atoms with E-state index in [1.807, 2.05) is 0 Å². The number of aliphatic carboxylic acids is 1. The molecule has 0 aliphatic heterocycles. The highest BCUT2D eigenvalue weighted by Crippen LogP contribution is 2.32. The van der Waals surface area contributed by atoms with Crippen molar-refractivity contribution in [3.8, 4) is 11.5 Å². The minimum atomic E-state index is -4.00. The number of benzene rings is 1. The molecule has 0 aliphatic carbocycles. The highest BCUT2D eigenvalue weighted by molar-refractivity contribution is 7.89. The first kappa shape index (κ1) is 18.2. The Morgan fingerprint density at radius 1 is 1.18 bits per heavy atom. The zero-order chi connectivity index (χ0) is 17.1. The van der Waals surface area contributed by atoms with Gasteiger partial charge in [-0.1, -0.05) is 13.8 Å². The number of nitrogens with one attached hydrogen (secondary N) is 1. The third-order valence-corrected chi connectivity index (χ3v) is 4.77. The van der Waals surface area contributed by atoms with Gasteiger partial charge in [0.15, 0.2) is 11.5 Å². The molecular formula is C14H21NO6S. The molecule has 2 N–H and O–H groups in total. The molecule has 8 heteroatoms. The van der Waals surface area contributed by atoms with Crippen molar-refractivity contribution >= 4 is 16.0 Å². The van der Waals surface area contributed by atoms with Gasteiger partial charge in [0.05, 0.1) is 19.1 Å². The first-order valence-corrected chi connectivity index (χ1v) is 8.10. The van der Waals surface area contributed by atoms with E-state index in [2.05, 4.69) is 4.72 Å². The summed E-state index contributed by atoms with van der Waals surface area (Å²) in [6.07, 6.45) is 0. The molecule has 0 heterocycles. The van der Waals surface area contributed by atoms with Crippen molar-refractivity contribution in [3.05, 3.63) is 17.7 Å². The van der Waals surface area contributed by atoms with Gasteiger partial charge in [-0.05, 0) is 24.5 Å². The van der Waals surface area contributed by atoms with Crippen LogP contribution in [0.25, 0.3) is 0 Å². The Labute approximate surface area is 130 Å². The number of sulfonamides is 1. The summed E-state index contributed by atoms with van der Waals surface area (Å²) in [5.74, 6) is -0.966. The summed E-state index contributed by atoms with van der Waals surface area (Å²) >= 11 is 0. The van der Waals surface area contributed by atoms with Crippen molar-refractivity contribution in [1.29, 1.82) is 0 Å². The molecule has 1 aromatic carbocycles. The Bertz CT molecular complexity index is 654. The second kappa shape index (κ2) is 6.97. The van der Waals surface area contributed by atoms with Gasteiger partial charge >= 0.3 is 5.97 Å². The van der Waals surface area contributed by atoms with Gasteiger partial charge in [0.2, 0.25) is 10.0 Å². The predicted octanol–water partition coefficient (Wildman–Crippen LogP) is 1.40. The molecule has 1 rings (SSSR count). The van der Waals surface area contributed by atoms with Crippen molar-refractivity contribution < 1.29 is 27.8 Å². The number of ether oxygens (including phenoxy) is 2. The van der Waals surface area contributed by atoms with E-state index in [1.54, 1.807) is 20.8 Å². The predicted molar refractivity (Wildman–Crippen MR) is 80.9 cm³/mol. The van der Waals surface area contributed by atoms with Crippen molar-refractivity contribution in [2.75, 3.05) is 14.2 Å². The lowest BCUT2D eigenvalue weighted by Crippen LogP contribution is -2.44. The van der Waals surface area contributed by atoms with E-state index in [1.165, 1.54) is 26.4 Å². The summed E-state index contributed by atoms with van der Waals surface area (Å²) in [7, 11) is -1.16. The lowest BCUT2D eigenvalue weighted by Gasteiger charge is -2.19. The van der Waals surface area contributed by atoms with Gasteiger partial charge in [-0.15, -0.1) is 0 Å². The number of methoxy groups -OCH3 is 2. The minimum absolute atomic E-state index is 0.0444. The molecule has 0 aromatic heterocycles. The van der Waals surface area contributed by atoms with Crippen LogP contribution in [0.4, 0.5) is 0 Å².